The predicted molar refractivity (Wildman–Crippen MR) is 78.7 cm³/mol. The Kier molecular flexibility index (Phi) is 3.01. The molecule has 3 aromatic rings. The Hall–Kier alpha value is -1.84. The van der Waals surface area contributed by atoms with Gasteiger partial charge in [0.25, 0.3) is 0 Å². The molecule has 0 saturated heterocycles. The van der Waals surface area contributed by atoms with Crippen molar-refractivity contribution in [3.05, 3.63) is 59.4 Å². The summed E-state index contributed by atoms with van der Waals surface area (Å²) in [6.45, 7) is 1.94. The number of rotatable bonds is 2. The number of benzene rings is 2. The van der Waals surface area contributed by atoms with Gasteiger partial charge in [0, 0.05) is 6.04 Å². The first-order valence-electron chi connectivity index (χ1n) is 6.14. The van der Waals surface area contributed by atoms with Crippen LogP contribution in [-0.4, -0.2) is 9.55 Å². The summed E-state index contributed by atoms with van der Waals surface area (Å²) in [5, 5.41) is 0.679. The molecule has 0 spiro atoms. The summed E-state index contributed by atoms with van der Waals surface area (Å²) in [7, 11) is 0. The summed E-state index contributed by atoms with van der Waals surface area (Å²) in [6, 6.07) is 13.8. The summed E-state index contributed by atoms with van der Waals surface area (Å²) in [4.78, 5) is 4.37. The van der Waals surface area contributed by atoms with Crippen molar-refractivity contribution in [2.75, 3.05) is 0 Å². The first-order valence-corrected chi connectivity index (χ1v) is 6.52. The van der Waals surface area contributed by atoms with Gasteiger partial charge in [0.1, 0.15) is 6.33 Å². The van der Waals surface area contributed by atoms with Crippen LogP contribution in [-0.2, 0) is 0 Å². The van der Waals surface area contributed by atoms with E-state index in [4.69, 9.17) is 17.3 Å². The third-order valence-corrected chi connectivity index (χ3v) is 3.51. The second-order valence-corrected chi connectivity index (χ2v) is 5.01. The second kappa shape index (κ2) is 4.68. The molecule has 0 aliphatic heterocycles. The number of fused-ring (bicyclic) bond motifs is 1. The zero-order valence-electron chi connectivity index (χ0n) is 10.5. The van der Waals surface area contributed by atoms with Crippen LogP contribution in [0.4, 0.5) is 0 Å². The molecule has 0 radical (unpaired) electrons. The Balaban J connectivity index is 2.17. The van der Waals surface area contributed by atoms with Gasteiger partial charge in [-0.05, 0) is 36.8 Å². The molecule has 4 heteroatoms. The summed E-state index contributed by atoms with van der Waals surface area (Å²) in [5.41, 5.74) is 9.80. The van der Waals surface area contributed by atoms with Gasteiger partial charge in [-0.25, -0.2) is 4.98 Å². The number of imidazole rings is 1. The minimum atomic E-state index is -0.0221. The molecule has 0 aliphatic rings. The standard InChI is InChI=1S/C15H14ClN3/c1-10(17)11-6-7-14(12(16)8-11)19-9-18-13-4-2-3-5-15(13)19/h2-10H,17H2,1H3/t10-/m1/s1. The van der Waals surface area contributed by atoms with Crippen molar-refractivity contribution in [2.24, 2.45) is 5.73 Å². The SMILES string of the molecule is C[C@@H](N)c1ccc(-n2cnc3ccccc32)c(Cl)c1. The third kappa shape index (κ3) is 2.11. The van der Waals surface area contributed by atoms with E-state index < -0.39 is 0 Å². The quantitative estimate of drug-likeness (QED) is 0.772. The van der Waals surface area contributed by atoms with Crippen LogP contribution >= 0.6 is 11.6 Å². The maximum Gasteiger partial charge on any atom is 0.100 e. The number of nitrogens with two attached hydrogens (primary N) is 1. The van der Waals surface area contributed by atoms with Crippen molar-refractivity contribution in [3.63, 3.8) is 0 Å². The van der Waals surface area contributed by atoms with Gasteiger partial charge >= 0.3 is 0 Å². The monoisotopic (exact) mass is 271 g/mol. The van der Waals surface area contributed by atoms with E-state index in [1.807, 2.05) is 54.0 Å². The predicted octanol–water partition coefficient (Wildman–Crippen LogP) is 3.70. The normalized spacial score (nSPS) is 12.8. The molecule has 0 bridgehead atoms. The first-order chi connectivity index (χ1) is 9.16. The van der Waals surface area contributed by atoms with Crippen LogP contribution in [0.3, 0.4) is 0 Å². The minimum absolute atomic E-state index is 0.0221. The summed E-state index contributed by atoms with van der Waals surface area (Å²) in [6.07, 6.45) is 1.79. The highest BCUT2D eigenvalue weighted by Gasteiger charge is 2.09. The fourth-order valence-electron chi connectivity index (χ4n) is 2.15. The molecule has 0 saturated carbocycles. The van der Waals surface area contributed by atoms with Crippen LogP contribution in [0.15, 0.2) is 48.8 Å². The lowest BCUT2D eigenvalue weighted by molar-refractivity contribution is 0.817. The van der Waals surface area contributed by atoms with Gasteiger partial charge in [-0.15, -0.1) is 0 Å². The van der Waals surface area contributed by atoms with Gasteiger partial charge < -0.3 is 5.73 Å². The zero-order valence-corrected chi connectivity index (χ0v) is 11.3. The summed E-state index contributed by atoms with van der Waals surface area (Å²) >= 11 is 6.36. The Bertz CT molecular complexity index is 731. The van der Waals surface area contributed by atoms with E-state index in [1.54, 1.807) is 6.33 Å². The highest BCUT2D eigenvalue weighted by molar-refractivity contribution is 6.32. The van der Waals surface area contributed by atoms with E-state index in [1.165, 1.54) is 0 Å². The fourth-order valence-corrected chi connectivity index (χ4v) is 2.43. The van der Waals surface area contributed by atoms with Crippen LogP contribution < -0.4 is 5.73 Å². The summed E-state index contributed by atoms with van der Waals surface area (Å²) in [5.74, 6) is 0. The Morgan fingerprint density at radius 1 is 1.21 bits per heavy atom. The molecule has 96 valence electrons. The van der Waals surface area contributed by atoms with E-state index in [2.05, 4.69) is 4.98 Å². The molecule has 0 unspecified atom stereocenters. The molecule has 3 rings (SSSR count). The molecule has 1 heterocycles. The van der Waals surface area contributed by atoms with Crippen molar-refractivity contribution < 1.29 is 0 Å². The smallest absolute Gasteiger partial charge is 0.100 e. The van der Waals surface area contributed by atoms with Crippen molar-refractivity contribution in [1.29, 1.82) is 0 Å². The van der Waals surface area contributed by atoms with Gasteiger partial charge in [0.15, 0.2) is 0 Å². The van der Waals surface area contributed by atoms with Crippen molar-refractivity contribution in [2.45, 2.75) is 13.0 Å². The lowest BCUT2D eigenvalue weighted by Crippen LogP contribution is -2.05. The van der Waals surface area contributed by atoms with Crippen LogP contribution in [0.25, 0.3) is 16.7 Å². The van der Waals surface area contributed by atoms with Gasteiger partial charge in [-0.1, -0.05) is 29.8 Å². The number of hydrogen-bond donors (Lipinski definition) is 1. The molecule has 0 amide bonds. The number of halogens is 1. The summed E-state index contributed by atoms with van der Waals surface area (Å²) < 4.78 is 1.99. The van der Waals surface area contributed by atoms with Crippen LogP contribution in [0.1, 0.15) is 18.5 Å². The number of hydrogen-bond acceptors (Lipinski definition) is 2. The molecule has 2 N–H and O–H groups in total. The molecular weight excluding hydrogens is 258 g/mol. The number of nitrogens with zero attached hydrogens (tertiary/aromatic N) is 2. The lowest BCUT2D eigenvalue weighted by Gasteiger charge is -2.11. The average molecular weight is 272 g/mol. The fraction of sp³-hybridized carbons (Fsp3) is 0.133. The Labute approximate surface area is 116 Å². The molecule has 1 aromatic heterocycles. The number of aromatic nitrogens is 2. The van der Waals surface area contributed by atoms with E-state index in [9.17, 15) is 0 Å². The molecule has 2 aromatic carbocycles. The highest BCUT2D eigenvalue weighted by atomic mass is 35.5. The molecule has 19 heavy (non-hydrogen) atoms. The van der Waals surface area contributed by atoms with E-state index in [-0.39, 0.29) is 6.04 Å². The van der Waals surface area contributed by atoms with Gasteiger partial charge in [-0.3, -0.25) is 4.57 Å². The van der Waals surface area contributed by atoms with Crippen molar-refractivity contribution in [3.8, 4) is 5.69 Å². The minimum Gasteiger partial charge on any atom is -0.324 e. The first kappa shape index (κ1) is 12.2. The van der Waals surface area contributed by atoms with E-state index >= 15 is 0 Å². The average Bonchev–Trinajstić information content (AvgIpc) is 2.82. The van der Waals surface area contributed by atoms with Crippen LogP contribution in [0.5, 0.6) is 0 Å². The second-order valence-electron chi connectivity index (χ2n) is 4.60. The Morgan fingerprint density at radius 3 is 2.74 bits per heavy atom. The maximum absolute atomic E-state index is 6.36. The van der Waals surface area contributed by atoms with Crippen molar-refractivity contribution >= 4 is 22.6 Å². The van der Waals surface area contributed by atoms with Gasteiger partial charge in [0.05, 0.1) is 21.7 Å². The highest BCUT2D eigenvalue weighted by Crippen LogP contribution is 2.27. The van der Waals surface area contributed by atoms with Crippen LogP contribution in [0, 0.1) is 0 Å². The van der Waals surface area contributed by atoms with Crippen LogP contribution in [0.2, 0.25) is 5.02 Å². The zero-order chi connectivity index (χ0) is 13.4. The van der Waals surface area contributed by atoms with E-state index in [0.717, 1.165) is 22.3 Å². The van der Waals surface area contributed by atoms with Gasteiger partial charge in [-0.2, -0.15) is 0 Å². The largest absolute Gasteiger partial charge is 0.324 e. The third-order valence-electron chi connectivity index (χ3n) is 3.21. The van der Waals surface area contributed by atoms with E-state index in [0.29, 0.717) is 5.02 Å². The van der Waals surface area contributed by atoms with Gasteiger partial charge in [0.2, 0.25) is 0 Å². The Morgan fingerprint density at radius 2 is 2.00 bits per heavy atom. The maximum atomic E-state index is 6.36. The number of para-hydroxylation sites is 2. The molecule has 1 atom stereocenters. The molecule has 0 fully saturated rings. The van der Waals surface area contributed by atoms with Crippen molar-refractivity contribution in [1.82, 2.24) is 9.55 Å². The topological polar surface area (TPSA) is 43.8 Å². The molecular formula is C15H14ClN3. The lowest BCUT2D eigenvalue weighted by atomic mass is 10.1. The molecule has 0 aliphatic carbocycles. The molecule has 3 nitrogen and oxygen atoms in total.